The van der Waals surface area contributed by atoms with Crippen LogP contribution in [0.3, 0.4) is 0 Å². The van der Waals surface area contributed by atoms with Crippen molar-refractivity contribution in [1.82, 2.24) is 14.7 Å². The van der Waals surface area contributed by atoms with Gasteiger partial charge in [-0.25, -0.2) is 0 Å². The lowest BCUT2D eigenvalue weighted by Crippen LogP contribution is -2.51. The molecular formula is C26H32N4O. The topological polar surface area (TPSA) is 50.6 Å². The molecule has 2 aliphatic rings. The SMILES string of the molecule is C[C@@H](C1CC1)N(Cc1ccccc1)C(=O)CN1CCN(Cc2ccc(C#N)cc2)CC1. The monoisotopic (exact) mass is 416 g/mol. The Balaban J connectivity index is 1.29. The lowest BCUT2D eigenvalue weighted by atomic mass is 10.1. The quantitative estimate of drug-likeness (QED) is 0.661. The molecule has 162 valence electrons. The van der Waals surface area contributed by atoms with Crippen molar-refractivity contribution in [3.8, 4) is 6.07 Å². The third-order valence-corrected chi connectivity index (χ3v) is 6.62. The Hall–Kier alpha value is -2.68. The molecule has 2 fully saturated rings. The molecule has 0 aromatic heterocycles. The van der Waals surface area contributed by atoms with Gasteiger partial charge in [0.05, 0.1) is 18.2 Å². The molecule has 31 heavy (non-hydrogen) atoms. The highest BCUT2D eigenvalue weighted by Crippen LogP contribution is 2.35. The van der Waals surface area contributed by atoms with Crippen molar-refractivity contribution in [3.63, 3.8) is 0 Å². The molecule has 0 spiro atoms. The molecular weight excluding hydrogens is 384 g/mol. The van der Waals surface area contributed by atoms with Gasteiger partial charge in [0.25, 0.3) is 0 Å². The standard InChI is InChI=1S/C26H32N4O/c1-21(25-11-12-25)30(19-23-5-3-2-4-6-23)26(31)20-29-15-13-28(14-16-29)18-24-9-7-22(17-27)8-10-24/h2-10,21,25H,11-16,18-20H2,1H3/t21-/m0/s1. The molecule has 4 rings (SSSR count). The van der Waals surface area contributed by atoms with E-state index in [9.17, 15) is 4.79 Å². The largest absolute Gasteiger partial charge is 0.334 e. The summed E-state index contributed by atoms with van der Waals surface area (Å²) in [6.45, 7) is 8.08. The second kappa shape index (κ2) is 10.1. The fraction of sp³-hybridized carbons (Fsp3) is 0.462. The summed E-state index contributed by atoms with van der Waals surface area (Å²) in [5.41, 5.74) is 3.14. The van der Waals surface area contributed by atoms with Crippen LogP contribution in [0.5, 0.6) is 0 Å². The van der Waals surface area contributed by atoms with E-state index in [1.807, 2.05) is 42.5 Å². The summed E-state index contributed by atoms with van der Waals surface area (Å²) >= 11 is 0. The van der Waals surface area contributed by atoms with Gasteiger partial charge in [-0.3, -0.25) is 14.6 Å². The predicted molar refractivity (Wildman–Crippen MR) is 122 cm³/mol. The van der Waals surface area contributed by atoms with Gasteiger partial charge in [0, 0.05) is 45.3 Å². The fourth-order valence-corrected chi connectivity index (χ4v) is 4.40. The molecule has 1 saturated carbocycles. The van der Waals surface area contributed by atoms with Crippen molar-refractivity contribution < 1.29 is 4.79 Å². The Morgan fingerprint density at radius 2 is 1.65 bits per heavy atom. The lowest BCUT2D eigenvalue weighted by Gasteiger charge is -2.36. The molecule has 1 saturated heterocycles. The van der Waals surface area contributed by atoms with Crippen LogP contribution in [0.4, 0.5) is 0 Å². The zero-order valence-electron chi connectivity index (χ0n) is 18.4. The summed E-state index contributed by atoms with van der Waals surface area (Å²) < 4.78 is 0. The highest BCUT2D eigenvalue weighted by Gasteiger charge is 2.34. The third-order valence-electron chi connectivity index (χ3n) is 6.62. The zero-order chi connectivity index (χ0) is 21.6. The van der Waals surface area contributed by atoms with Crippen LogP contribution in [0.2, 0.25) is 0 Å². The molecule has 1 aliphatic heterocycles. The number of hydrogen-bond acceptors (Lipinski definition) is 4. The lowest BCUT2D eigenvalue weighted by molar-refractivity contribution is -0.136. The summed E-state index contributed by atoms with van der Waals surface area (Å²) in [5.74, 6) is 0.917. The van der Waals surface area contributed by atoms with Gasteiger partial charge >= 0.3 is 0 Å². The van der Waals surface area contributed by atoms with E-state index in [1.165, 1.54) is 24.0 Å². The first-order valence-corrected chi connectivity index (χ1v) is 11.4. The van der Waals surface area contributed by atoms with Crippen LogP contribution in [-0.4, -0.2) is 59.4 Å². The number of hydrogen-bond donors (Lipinski definition) is 0. The molecule has 1 atom stereocenters. The molecule has 0 unspecified atom stereocenters. The summed E-state index contributed by atoms with van der Waals surface area (Å²) in [7, 11) is 0. The fourth-order valence-electron chi connectivity index (χ4n) is 4.40. The van der Waals surface area contributed by atoms with Gasteiger partial charge in [-0.15, -0.1) is 0 Å². The van der Waals surface area contributed by atoms with Crippen LogP contribution in [0, 0.1) is 17.2 Å². The van der Waals surface area contributed by atoms with Gasteiger partial charge in [-0.2, -0.15) is 5.26 Å². The molecule has 0 radical (unpaired) electrons. The summed E-state index contributed by atoms with van der Waals surface area (Å²) in [4.78, 5) is 20.1. The minimum atomic E-state index is 0.254. The number of amides is 1. The molecule has 0 N–H and O–H groups in total. The van der Waals surface area contributed by atoms with Crippen molar-refractivity contribution in [1.29, 1.82) is 5.26 Å². The van der Waals surface area contributed by atoms with Crippen LogP contribution in [0.15, 0.2) is 54.6 Å². The van der Waals surface area contributed by atoms with Gasteiger partial charge in [-0.1, -0.05) is 42.5 Å². The first-order valence-electron chi connectivity index (χ1n) is 11.4. The number of piperazine rings is 1. The maximum atomic E-state index is 13.3. The van der Waals surface area contributed by atoms with Crippen LogP contribution in [-0.2, 0) is 17.9 Å². The molecule has 1 aliphatic carbocycles. The van der Waals surface area contributed by atoms with Gasteiger partial charge in [0.15, 0.2) is 0 Å². The minimum Gasteiger partial charge on any atom is -0.334 e. The van der Waals surface area contributed by atoms with Crippen LogP contribution in [0.25, 0.3) is 0 Å². The van der Waals surface area contributed by atoms with Crippen molar-refractivity contribution in [3.05, 3.63) is 71.3 Å². The van der Waals surface area contributed by atoms with E-state index < -0.39 is 0 Å². The average molecular weight is 417 g/mol. The van der Waals surface area contributed by atoms with Gasteiger partial charge in [0.2, 0.25) is 5.91 Å². The van der Waals surface area contributed by atoms with Crippen molar-refractivity contribution in [2.45, 2.75) is 38.9 Å². The summed E-state index contributed by atoms with van der Waals surface area (Å²) in [6, 6.07) is 20.7. The number of carbonyl (C=O) groups is 1. The second-order valence-corrected chi connectivity index (χ2v) is 8.95. The predicted octanol–water partition coefficient (Wildman–Crippen LogP) is 3.50. The molecule has 5 nitrogen and oxygen atoms in total. The first-order chi connectivity index (χ1) is 15.1. The Morgan fingerprint density at radius 1 is 1.00 bits per heavy atom. The number of nitriles is 1. The molecule has 5 heteroatoms. The van der Waals surface area contributed by atoms with Crippen LogP contribution >= 0.6 is 0 Å². The Labute approximate surface area is 185 Å². The number of benzene rings is 2. The van der Waals surface area contributed by atoms with E-state index in [0.717, 1.165) is 32.7 Å². The van der Waals surface area contributed by atoms with Gasteiger partial charge in [-0.05, 0) is 48.9 Å². The van der Waals surface area contributed by atoms with E-state index in [4.69, 9.17) is 5.26 Å². The maximum Gasteiger partial charge on any atom is 0.237 e. The number of carbonyl (C=O) groups excluding carboxylic acids is 1. The first kappa shape index (κ1) is 21.5. The highest BCUT2D eigenvalue weighted by molar-refractivity contribution is 5.78. The Bertz CT molecular complexity index is 893. The van der Waals surface area contributed by atoms with Crippen LogP contribution in [0.1, 0.15) is 36.5 Å². The minimum absolute atomic E-state index is 0.254. The molecule has 1 heterocycles. The van der Waals surface area contributed by atoms with E-state index in [2.05, 4.69) is 39.8 Å². The summed E-state index contributed by atoms with van der Waals surface area (Å²) in [5, 5.41) is 8.94. The molecule has 2 aromatic carbocycles. The maximum absolute atomic E-state index is 13.3. The Kier molecular flexibility index (Phi) is 7.01. The van der Waals surface area contributed by atoms with E-state index in [1.54, 1.807) is 0 Å². The van der Waals surface area contributed by atoms with E-state index >= 15 is 0 Å². The average Bonchev–Trinajstić information content (AvgIpc) is 3.65. The van der Waals surface area contributed by atoms with Gasteiger partial charge < -0.3 is 4.90 Å². The van der Waals surface area contributed by atoms with Crippen molar-refractivity contribution in [2.75, 3.05) is 32.7 Å². The Morgan fingerprint density at radius 3 is 2.26 bits per heavy atom. The molecule has 1 amide bonds. The number of rotatable bonds is 8. The van der Waals surface area contributed by atoms with Gasteiger partial charge in [0.1, 0.15) is 0 Å². The zero-order valence-corrected chi connectivity index (χ0v) is 18.4. The second-order valence-electron chi connectivity index (χ2n) is 8.95. The van der Waals surface area contributed by atoms with E-state index in [-0.39, 0.29) is 5.91 Å². The van der Waals surface area contributed by atoms with Crippen molar-refractivity contribution >= 4 is 5.91 Å². The molecule has 0 bridgehead atoms. The smallest absolute Gasteiger partial charge is 0.237 e. The molecule has 2 aromatic rings. The van der Waals surface area contributed by atoms with Crippen LogP contribution < -0.4 is 0 Å². The third kappa shape index (κ3) is 5.94. The summed E-state index contributed by atoms with van der Waals surface area (Å²) in [6.07, 6.45) is 2.49. The normalized spacial score (nSPS) is 18.3. The van der Waals surface area contributed by atoms with Crippen molar-refractivity contribution in [2.24, 2.45) is 5.92 Å². The number of nitrogens with zero attached hydrogens (tertiary/aromatic N) is 4. The highest BCUT2D eigenvalue weighted by atomic mass is 16.2. The van der Waals surface area contributed by atoms with E-state index in [0.29, 0.717) is 30.6 Å².